The lowest BCUT2D eigenvalue weighted by atomic mass is 9.98. The van der Waals surface area contributed by atoms with Gasteiger partial charge in [0.25, 0.3) is 0 Å². The van der Waals surface area contributed by atoms with Crippen molar-refractivity contribution in [2.24, 2.45) is 5.92 Å². The molecule has 3 nitrogen and oxygen atoms in total. The van der Waals surface area contributed by atoms with Gasteiger partial charge >= 0.3 is 0 Å². The third-order valence-electron chi connectivity index (χ3n) is 4.22. The Morgan fingerprint density at radius 2 is 2.29 bits per heavy atom. The quantitative estimate of drug-likeness (QED) is 0.800. The van der Waals surface area contributed by atoms with Crippen LogP contribution in [-0.4, -0.2) is 27.5 Å². The van der Waals surface area contributed by atoms with Crippen molar-refractivity contribution in [2.75, 3.05) is 6.54 Å². The summed E-state index contributed by atoms with van der Waals surface area (Å²) in [5.41, 5.74) is 2.69. The van der Waals surface area contributed by atoms with Crippen molar-refractivity contribution in [3.63, 3.8) is 0 Å². The van der Waals surface area contributed by atoms with Crippen molar-refractivity contribution in [3.8, 4) is 0 Å². The zero-order valence-corrected chi connectivity index (χ0v) is 10.8. The fourth-order valence-electron chi connectivity index (χ4n) is 3.27. The van der Waals surface area contributed by atoms with Gasteiger partial charge in [0.15, 0.2) is 0 Å². The van der Waals surface area contributed by atoms with Crippen LogP contribution in [0.2, 0.25) is 0 Å². The number of rotatable bonds is 3. The number of hydrogen-bond donors (Lipinski definition) is 0. The first-order chi connectivity index (χ1) is 8.25. The van der Waals surface area contributed by atoms with Gasteiger partial charge in [0.05, 0.1) is 5.69 Å². The van der Waals surface area contributed by atoms with Crippen LogP contribution in [0.3, 0.4) is 0 Å². The molecule has 0 spiro atoms. The van der Waals surface area contributed by atoms with Crippen LogP contribution >= 0.6 is 0 Å². The van der Waals surface area contributed by atoms with Crippen LogP contribution in [-0.2, 0) is 6.42 Å². The van der Waals surface area contributed by atoms with Gasteiger partial charge in [0.2, 0.25) is 0 Å². The maximum absolute atomic E-state index is 4.45. The SMILES string of the molecule is CC(C)CCN1C2CCC1c1cncnc1C2. The third kappa shape index (κ3) is 1.97. The highest BCUT2D eigenvalue weighted by atomic mass is 15.2. The lowest BCUT2D eigenvalue weighted by molar-refractivity contribution is 0.166. The van der Waals surface area contributed by atoms with E-state index >= 15 is 0 Å². The van der Waals surface area contributed by atoms with Crippen molar-refractivity contribution < 1.29 is 0 Å². The lowest BCUT2D eigenvalue weighted by Crippen LogP contribution is -2.39. The van der Waals surface area contributed by atoms with E-state index in [-0.39, 0.29) is 0 Å². The van der Waals surface area contributed by atoms with Crippen LogP contribution in [0.15, 0.2) is 12.5 Å². The van der Waals surface area contributed by atoms with Crippen molar-refractivity contribution in [3.05, 3.63) is 23.8 Å². The highest BCUT2D eigenvalue weighted by molar-refractivity contribution is 5.27. The average Bonchev–Trinajstić information content (AvgIpc) is 2.60. The van der Waals surface area contributed by atoms with E-state index in [1.807, 2.05) is 6.20 Å². The molecule has 17 heavy (non-hydrogen) atoms. The molecule has 2 aliphatic heterocycles. The topological polar surface area (TPSA) is 29.0 Å². The molecule has 1 fully saturated rings. The molecule has 0 N–H and O–H groups in total. The highest BCUT2D eigenvalue weighted by Gasteiger charge is 2.40. The Morgan fingerprint density at radius 3 is 3.12 bits per heavy atom. The smallest absolute Gasteiger partial charge is 0.115 e. The minimum atomic E-state index is 0.601. The summed E-state index contributed by atoms with van der Waals surface area (Å²) in [5, 5.41) is 0. The molecule has 2 atom stereocenters. The monoisotopic (exact) mass is 231 g/mol. The summed E-state index contributed by atoms with van der Waals surface area (Å²) in [6.07, 6.45) is 8.80. The maximum Gasteiger partial charge on any atom is 0.115 e. The molecule has 1 aromatic heterocycles. The number of aromatic nitrogens is 2. The Balaban J connectivity index is 1.82. The van der Waals surface area contributed by atoms with E-state index in [2.05, 4.69) is 28.7 Å². The van der Waals surface area contributed by atoms with Gasteiger partial charge in [-0.05, 0) is 31.7 Å². The van der Waals surface area contributed by atoms with E-state index in [1.54, 1.807) is 6.33 Å². The molecule has 3 heterocycles. The molecule has 3 rings (SSSR count). The third-order valence-corrected chi connectivity index (χ3v) is 4.22. The minimum Gasteiger partial charge on any atom is -0.293 e. The fraction of sp³-hybridized carbons (Fsp3) is 0.714. The molecule has 92 valence electrons. The van der Waals surface area contributed by atoms with Gasteiger partial charge < -0.3 is 0 Å². The first-order valence-electron chi connectivity index (χ1n) is 6.80. The van der Waals surface area contributed by atoms with Crippen molar-refractivity contribution in [2.45, 2.75) is 51.6 Å². The molecule has 2 unspecified atom stereocenters. The summed E-state index contributed by atoms with van der Waals surface area (Å²) in [6.45, 7) is 5.85. The molecule has 0 radical (unpaired) electrons. The summed E-state index contributed by atoms with van der Waals surface area (Å²) >= 11 is 0. The summed E-state index contributed by atoms with van der Waals surface area (Å²) in [6, 6.07) is 1.34. The van der Waals surface area contributed by atoms with Crippen LogP contribution in [0.1, 0.15) is 50.4 Å². The largest absolute Gasteiger partial charge is 0.293 e. The molecule has 0 aromatic carbocycles. The molecular formula is C14H21N3. The Labute approximate surface area is 103 Å². The molecule has 0 saturated carbocycles. The molecule has 1 saturated heterocycles. The summed E-state index contributed by atoms with van der Waals surface area (Å²) < 4.78 is 0. The number of nitrogens with zero attached hydrogens (tertiary/aromatic N) is 3. The Bertz CT molecular complexity index is 402. The van der Waals surface area contributed by atoms with Gasteiger partial charge in [-0.2, -0.15) is 0 Å². The van der Waals surface area contributed by atoms with Gasteiger partial charge in [0, 0.05) is 30.3 Å². The summed E-state index contributed by atoms with van der Waals surface area (Å²) in [7, 11) is 0. The normalized spacial score (nSPS) is 27.5. The van der Waals surface area contributed by atoms with E-state index in [0.717, 1.165) is 18.4 Å². The molecule has 3 heteroatoms. The van der Waals surface area contributed by atoms with Gasteiger partial charge in [-0.3, -0.25) is 4.90 Å². The maximum atomic E-state index is 4.45. The average molecular weight is 231 g/mol. The number of hydrogen-bond acceptors (Lipinski definition) is 3. The van der Waals surface area contributed by atoms with Gasteiger partial charge in [-0.1, -0.05) is 13.8 Å². The van der Waals surface area contributed by atoms with Gasteiger partial charge in [0.1, 0.15) is 6.33 Å². The predicted molar refractivity (Wildman–Crippen MR) is 67.7 cm³/mol. The predicted octanol–water partition coefficient (Wildman–Crippen LogP) is 2.58. The zero-order chi connectivity index (χ0) is 11.8. The molecule has 0 amide bonds. The standard InChI is InChI=1S/C14H21N3/c1-10(2)5-6-17-11-3-4-14(17)12-8-15-9-16-13(12)7-11/h8-11,14H,3-7H2,1-2H3. The minimum absolute atomic E-state index is 0.601. The first kappa shape index (κ1) is 11.1. The van der Waals surface area contributed by atoms with Crippen LogP contribution in [0.25, 0.3) is 0 Å². The second kappa shape index (κ2) is 4.37. The van der Waals surface area contributed by atoms with E-state index < -0.39 is 0 Å². The first-order valence-corrected chi connectivity index (χ1v) is 6.80. The number of fused-ring (bicyclic) bond motifs is 4. The van der Waals surface area contributed by atoms with E-state index in [1.165, 1.54) is 37.1 Å². The molecule has 0 aliphatic carbocycles. The van der Waals surface area contributed by atoms with Gasteiger partial charge in [-0.25, -0.2) is 9.97 Å². The lowest BCUT2D eigenvalue weighted by Gasteiger charge is -2.35. The van der Waals surface area contributed by atoms with E-state index in [9.17, 15) is 0 Å². The van der Waals surface area contributed by atoms with Crippen LogP contribution in [0.4, 0.5) is 0 Å². The highest BCUT2D eigenvalue weighted by Crippen LogP contribution is 2.42. The Kier molecular flexibility index (Phi) is 2.87. The zero-order valence-electron chi connectivity index (χ0n) is 10.8. The van der Waals surface area contributed by atoms with Gasteiger partial charge in [-0.15, -0.1) is 0 Å². The van der Waals surface area contributed by atoms with Crippen molar-refractivity contribution in [1.29, 1.82) is 0 Å². The molecule has 2 aliphatic rings. The Morgan fingerprint density at radius 1 is 1.41 bits per heavy atom. The van der Waals surface area contributed by atoms with Crippen molar-refractivity contribution in [1.82, 2.24) is 14.9 Å². The molecule has 1 aromatic rings. The van der Waals surface area contributed by atoms with E-state index in [4.69, 9.17) is 0 Å². The molecule has 2 bridgehead atoms. The van der Waals surface area contributed by atoms with Crippen LogP contribution in [0.5, 0.6) is 0 Å². The van der Waals surface area contributed by atoms with Crippen molar-refractivity contribution >= 4 is 0 Å². The van der Waals surface area contributed by atoms with Crippen LogP contribution < -0.4 is 0 Å². The van der Waals surface area contributed by atoms with Crippen LogP contribution in [0, 0.1) is 5.92 Å². The fourth-order valence-corrected chi connectivity index (χ4v) is 3.27. The van der Waals surface area contributed by atoms with E-state index in [0.29, 0.717) is 6.04 Å². The summed E-state index contributed by atoms with van der Waals surface area (Å²) in [4.78, 5) is 11.4. The Hall–Kier alpha value is -0.960. The second-order valence-corrected chi connectivity index (χ2v) is 5.80. The molecular weight excluding hydrogens is 210 g/mol. The summed E-state index contributed by atoms with van der Waals surface area (Å²) in [5.74, 6) is 0.794. The second-order valence-electron chi connectivity index (χ2n) is 5.80.